The van der Waals surface area contributed by atoms with Crippen LogP contribution >= 0.6 is 23.2 Å². The number of nitrogens with one attached hydrogen (secondary N) is 1. The van der Waals surface area contributed by atoms with E-state index in [0.29, 0.717) is 33.0 Å². The molecule has 0 aliphatic heterocycles. The third-order valence-corrected chi connectivity index (χ3v) is 7.34. The van der Waals surface area contributed by atoms with Gasteiger partial charge in [0, 0.05) is 46.7 Å². The van der Waals surface area contributed by atoms with Crippen LogP contribution in [0.15, 0.2) is 53.9 Å². The number of aryl methyl sites for hydroxylation is 1. The molecule has 0 unspecified atom stereocenters. The van der Waals surface area contributed by atoms with Gasteiger partial charge in [-0.3, -0.25) is 0 Å². The molecule has 5 N–H and O–H groups in total. The van der Waals surface area contributed by atoms with Gasteiger partial charge < -0.3 is 21.5 Å². The van der Waals surface area contributed by atoms with Gasteiger partial charge in [0.25, 0.3) is 0 Å². The van der Waals surface area contributed by atoms with Crippen molar-refractivity contribution in [3.05, 3.63) is 70.1 Å². The number of aliphatic imine (C=N–C) groups is 1. The number of methoxy groups -OCH3 is 1. The van der Waals surface area contributed by atoms with Gasteiger partial charge in [-0.05, 0) is 62.4 Å². The Kier molecular flexibility index (Phi) is 7.24. The SMILES string of the molecule is COc1cc(C)c(-c2cc3c(N[C@H]4CC[C@@H](N)CC4)c(/C(N)=N/c4cc(Cl)ccc4Cl)cnn3c2)cn1. The molecule has 0 radical (unpaired) electrons. The number of benzene rings is 1. The van der Waals surface area contributed by atoms with Gasteiger partial charge >= 0.3 is 0 Å². The first-order valence-electron chi connectivity index (χ1n) is 12.2. The number of halogens is 2. The number of aromatic nitrogens is 3. The molecule has 37 heavy (non-hydrogen) atoms. The van der Waals surface area contributed by atoms with Gasteiger partial charge in [-0.25, -0.2) is 14.5 Å². The lowest BCUT2D eigenvalue weighted by atomic mass is 9.91. The summed E-state index contributed by atoms with van der Waals surface area (Å²) in [5.74, 6) is 0.867. The minimum absolute atomic E-state index is 0.247. The van der Waals surface area contributed by atoms with E-state index in [1.807, 2.05) is 29.9 Å². The third kappa shape index (κ3) is 5.37. The molecular formula is C27H29Cl2N7O. The Bertz CT molecular complexity index is 1480. The molecule has 1 aliphatic carbocycles. The molecule has 0 bridgehead atoms. The number of pyridine rings is 1. The highest BCUT2D eigenvalue weighted by Crippen LogP contribution is 2.34. The van der Waals surface area contributed by atoms with Gasteiger partial charge in [0.05, 0.1) is 40.8 Å². The summed E-state index contributed by atoms with van der Waals surface area (Å²) in [5.41, 5.74) is 18.7. The van der Waals surface area contributed by atoms with Gasteiger partial charge in [0.15, 0.2) is 0 Å². The van der Waals surface area contributed by atoms with Crippen LogP contribution in [-0.4, -0.2) is 39.6 Å². The van der Waals surface area contributed by atoms with E-state index in [0.717, 1.165) is 53.6 Å². The van der Waals surface area contributed by atoms with E-state index in [2.05, 4.69) is 26.5 Å². The third-order valence-electron chi connectivity index (χ3n) is 6.79. The van der Waals surface area contributed by atoms with Crippen LogP contribution in [0, 0.1) is 6.92 Å². The number of anilines is 1. The molecule has 1 aromatic carbocycles. The van der Waals surface area contributed by atoms with Crippen LogP contribution in [0.2, 0.25) is 10.0 Å². The van der Waals surface area contributed by atoms with Crippen LogP contribution in [0.5, 0.6) is 5.88 Å². The summed E-state index contributed by atoms with van der Waals surface area (Å²) >= 11 is 12.5. The van der Waals surface area contributed by atoms with Crippen molar-refractivity contribution in [3.63, 3.8) is 0 Å². The molecule has 8 nitrogen and oxygen atoms in total. The van der Waals surface area contributed by atoms with E-state index < -0.39 is 0 Å². The second-order valence-corrected chi connectivity index (χ2v) is 10.2. The Morgan fingerprint density at radius 2 is 1.92 bits per heavy atom. The number of hydrogen-bond donors (Lipinski definition) is 3. The van der Waals surface area contributed by atoms with E-state index in [-0.39, 0.29) is 12.1 Å². The average Bonchev–Trinajstić information content (AvgIpc) is 3.32. The summed E-state index contributed by atoms with van der Waals surface area (Å²) in [6.45, 7) is 2.03. The maximum absolute atomic E-state index is 6.55. The maximum Gasteiger partial charge on any atom is 0.213 e. The molecule has 1 fully saturated rings. The highest BCUT2D eigenvalue weighted by atomic mass is 35.5. The largest absolute Gasteiger partial charge is 0.481 e. The van der Waals surface area contributed by atoms with E-state index in [9.17, 15) is 0 Å². The highest BCUT2D eigenvalue weighted by molar-refractivity contribution is 6.35. The molecule has 4 aromatic rings. The molecular weight excluding hydrogens is 509 g/mol. The fourth-order valence-electron chi connectivity index (χ4n) is 4.72. The maximum atomic E-state index is 6.55. The topological polar surface area (TPSA) is 116 Å². The molecule has 10 heteroatoms. The van der Waals surface area contributed by atoms with Crippen LogP contribution in [0.1, 0.15) is 36.8 Å². The highest BCUT2D eigenvalue weighted by Gasteiger charge is 2.22. The van der Waals surface area contributed by atoms with E-state index in [4.69, 9.17) is 39.4 Å². The number of hydrogen-bond acceptors (Lipinski definition) is 6. The Labute approximate surface area is 225 Å². The number of amidine groups is 1. The Morgan fingerprint density at radius 3 is 2.65 bits per heavy atom. The van der Waals surface area contributed by atoms with Crippen molar-refractivity contribution < 1.29 is 4.74 Å². The lowest BCUT2D eigenvalue weighted by Crippen LogP contribution is -2.33. The predicted octanol–water partition coefficient (Wildman–Crippen LogP) is 5.74. The minimum Gasteiger partial charge on any atom is -0.481 e. The summed E-state index contributed by atoms with van der Waals surface area (Å²) in [6, 6.07) is 9.61. The van der Waals surface area contributed by atoms with E-state index in [1.54, 1.807) is 31.5 Å². The molecule has 3 heterocycles. The zero-order chi connectivity index (χ0) is 26.1. The quantitative estimate of drug-likeness (QED) is 0.213. The fourth-order valence-corrected chi connectivity index (χ4v) is 5.05. The summed E-state index contributed by atoms with van der Waals surface area (Å²) in [7, 11) is 1.61. The second-order valence-electron chi connectivity index (χ2n) is 9.38. The predicted molar refractivity (Wildman–Crippen MR) is 150 cm³/mol. The van der Waals surface area contributed by atoms with E-state index >= 15 is 0 Å². The molecule has 5 rings (SSSR count). The monoisotopic (exact) mass is 537 g/mol. The van der Waals surface area contributed by atoms with Crippen molar-refractivity contribution in [3.8, 4) is 17.0 Å². The number of rotatable bonds is 6. The summed E-state index contributed by atoms with van der Waals surface area (Å²) in [5, 5.41) is 9.37. The van der Waals surface area contributed by atoms with Gasteiger partial charge in [-0.1, -0.05) is 23.2 Å². The molecule has 0 spiro atoms. The van der Waals surface area contributed by atoms with Gasteiger partial charge in [0.2, 0.25) is 5.88 Å². The summed E-state index contributed by atoms with van der Waals surface area (Å²) in [4.78, 5) is 9.00. The van der Waals surface area contributed by atoms with Gasteiger partial charge in [-0.15, -0.1) is 0 Å². The van der Waals surface area contributed by atoms with Crippen molar-refractivity contribution in [2.45, 2.75) is 44.7 Å². The van der Waals surface area contributed by atoms with Crippen molar-refractivity contribution in [2.75, 3.05) is 12.4 Å². The van der Waals surface area contributed by atoms with Crippen molar-refractivity contribution in [1.29, 1.82) is 0 Å². The lowest BCUT2D eigenvalue weighted by Gasteiger charge is -2.28. The standard InChI is InChI=1S/C27H29Cl2N7O/c1-15-9-25(37-2)32-12-20(15)16-10-24-26(34-19-6-4-18(30)5-7-19)21(13-33-36(24)14-16)27(31)35-23-11-17(28)3-8-22(23)29/h3,8-14,18-19,34H,4-7,30H2,1-2H3,(H2,31,35)/t18-,19+. The summed E-state index contributed by atoms with van der Waals surface area (Å²) < 4.78 is 7.12. The Morgan fingerprint density at radius 1 is 1.14 bits per heavy atom. The van der Waals surface area contributed by atoms with Crippen LogP contribution < -0.4 is 21.5 Å². The number of fused-ring (bicyclic) bond motifs is 1. The molecule has 3 aromatic heterocycles. The van der Waals surface area contributed by atoms with Crippen LogP contribution in [-0.2, 0) is 0 Å². The molecule has 0 saturated heterocycles. The van der Waals surface area contributed by atoms with Crippen LogP contribution in [0.4, 0.5) is 11.4 Å². The zero-order valence-corrected chi connectivity index (χ0v) is 22.2. The Hall–Kier alpha value is -3.33. The summed E-state index contributed by atoms with van der Waals surface area (Å²) in [6.07, 6.45) is 9.42. The number of nitrogens with zero attached hydrogens (tertiary/aromatic N) is 4. The molecule has 1 aliphatic rings. The van der Waals surface area contributed by atoms with Crippen molar-refractivity contribution in [1.82, 2.24) is 14.6 Å². The minimum atomic E-state index is 0.247. The average molecular weight is 538 g/mol. The first-order valence-corrected chi connectivity index (χ1v) is 12.9. The smallest absolute Gasteiger partial charge is 0.213 e. The van der Waals surface area contributed by atoms with Gasteiger partial charge in [-0.2, -0.15) is 5.10 Å². The normalized spacial score (nSPS) is 18.2. The van der Waals surface area contributed by atoms with Crippen molar-refractivity contribution in [2.24, 2.45) is 16.5 Å². The van der Waals surface area contributed by atoms with Crippen LogP contribution in [0.3, 0.4) is 0 Å². The number of nitrogens with two attached hydrogens (primary N) is 2. The molecule has 1 saturated carbocycles. The molecule has 0 atom stereocenters. The fraction of sp³-hybridized carbons (Fsp3) is 0.296. The van der Waals surface area contributed by atoms with Crippen LogP contribution in [0.25, 0.3) is 16.6 Å². The van der Waals surface area contributed by atoms with Crippen molar-refractivity contribution >= 4 is 45.9 Å². The van der Waals surface area contributed by atoms with E-state index in [1.165, 1.54) is 0 Å². The second kappa shape index (κ2) is 10.6. The van der Waals surface area contributed by atoms with Gasteiger partial charge in [0.1, 0.15) is 5.84 Å². The first kappa shape index (κ1) is 25.3. The first-order chi connectivity index (χ1) is 17.8. The Balaban J connectivity index is 1.62. The molecule has 0 amide bonds. The zero-order valence-electron chi connectivity index (χ0n) is 20.7. The lowest BCUT2D eigenvalue weighted by molar-refractivity contribution is 0.397. The number of ether oxygens (including phenoxy) is 1. The molecule has 192 valence electrons.